The number of carbonyl (C=O) groups excluding carboxylic acids is 1. The highest BCUT2D eigenvalue weighted by Gasteiger charge is 2.27. The fourth-order valence-corrected chi connectivity index (χ4v) is 5.61. The minimum atomic E-state index is -0.138. The Labute approximate surface area is 205 Å². The summed E-state index contributed by atoms with van der Waals surface area (Å²) in [5, 5.41) is 19.1. The second kappa shape index (κ2) is 9.60. The van der Waals surface area contributed by atoms with E-state index in [1.165, 1.54) is 36.0 Å². The average Bonchev–Trinajstić information content (AvgIpc) is 3.48. The predicted octanol–water partition coefficient (Wildman–Crippen LogP) is 3.24. The molecule has 8 heteroatoms. The van der Waals surface area contributed by atoms with Crippen molar-refractivity contribution < 1.29 is 14.6 Å². The molecule has 0 spiro atoms. The van der Waals surface area contributed by atoms with Crippen LogP contribution in [0.25, 0.3) is 10.9 Å². The van der Waals surface area contributed by atoms with Gasteiger partial charge in [-0.25, -0.2) is 0 Å². The normalized spacial score (nSPS) is 19.4. The maximum atomic E-state index is 13.5. The van der Waals surface area contributed by atoms with Crippen LogP contribution in [0.3, 0.4) is 0 Å². The van der Waals surface area contributed by atoms with Crippen molar-refractivity contribution in [1.29, 1.82) is 0 Å². The highest BCUT2D eigenvalue weighted by Crippen LogP contribution is 2.31. The van der Waals surface area contributed by atoms with Crippen molar-refractivity contribution in [3.8, 4) is 5.75 Å². The minimum absolute atomic E-state index is 0.000338. The number of nitrogens with one attached hydrogen (secondary N) is 1. The SMILES string of the molecule is O=C(c1cc2c(CN3CCCCC3)n[nH]c2cc1O)N1Cc2ccc(CN3CCOCC3)cc2C1. The number of aromatic amines is 1. The first-order valence-electron chi connectivity index (χ1n) is 12.8. The fourth-order valence-electron chi connectivity index (χ4n) is 5.61. The third kappa shape index (κ3) is 4.66. The van der Waals surface area contributed by atoms with Gasteiger partial charge >= 0.3 is 0 Å². The largest absolute Gasteiger partial charge is 0.507 e. The van der Waals surface area contributed by atoms with Crippen LogP contribution in [0.4, 0.5) is 0 Å². The Balaban J connectivity index is 1.19. The summed E-state index contributed by atoms with van der Waals surface area (Å²) >= 11 is 0. The number of carbonyl (C=O) groups is 1. The highest BCUT2D eigenvalue weighted by molar-refractivity contribution is 6.01. The van der Waals surface area contributed by atoms with Crippen LogP contribution in [0.2, 0.25) is 0 Å². The number of morpholine rings is 1. The smallest absolute Gasteiger partial charge is 0.258 e. The minimum Gasteiger partial charge on any atom is -0.507 e. The van der Waals surface area contributed by atoms with Gasteiger partial charge in [0.05, 0.1) is 30.0 Å². The van der Waals surface area contributed by atoms with Crippen molar-refractivity contribution >= 4 is 16.8 Å². The van der Waals surface area contributed by atoms with Gasteiger partial charge in [-0.1, -0.05) is 24.6 Å². The summed E-state index contributed by atoms with van der Waals surface area (Å²) in [6, 6.07) is 10.0. The van der Waals surface area contributed by atoms with E-state index in [4.69, 9.17) is 4.74 Å². The second-order valence-corrected chi connectivity index (χ2v) is 10.1. The third-order valence-corrected chi connectivity index (χ3v) is 7.60. The van der Waals surface area contributed by atoms with Gasteiger partial charge in [-0.3, -0.25) is 19.7 Å². The van der Waals surface area contributed by atoms with E-state index in [-0.39, 0.29) is 11.7 Å². The van der Waals surface area contributed by atoms with Crippen molar-refractivity contribution in [2.24, 2.45) is 0 Å². The van der Waals surface area contributed by atoms with E-state index in [0.29, 0.717) is 18.7 Å². The first-order valence-corrected chi connectivity index (χ1v) is 12.8. The van der Waals surface area contributed by atoms with Gasteiger partial charge in [0.1, 0.15) is 5.75 Å². The molecule has 0 saturated carbocycles. The third-order valence-electron chi connectivity index (χ3n) is 7.60. The van der Waals surface area contributed by atoms with Crippen molar-refractivity contribution in [1.82, 2.24) is 24.9 Å². The van der Waals surface area contributed by atoms with Crippen molar-refractivity contribution in [3.05, 3.63) is 58.3 Å². The molecule has 2 aromatic carbocycles. The van der Waals surface area contributed by atoms with Gasteiger partial charge in [0.2, 0.25) is 0 Å². The Bertz CT molecular complexity index is 1230. The number of hydrogen-bond acceptors (Lipinski definition) is 6. The van der Waals surface area contributed by atoms with Crippen LogP contribution in [0.1, 0.15) is 52.0 Å². The molecule has 2 N–H and O–H groups in total. The van der Waals surface area contributed by atoms with E-state index in [1.54, 1.807) is 6.07 Å². The lowest BCUT2D eigenvalue weighted by Crippen LogP contribution is -2.35. The molecule has 2 saturated heterocycles. The van der Waals surface area contributed by atoms with Crippen LogP contribution in [0.15, 0.2) is 30.3 Å². The first kappa shape index (κ1) is 22.5. The predicted molar refractivity (Wildman–Crippen MR) is 133 cm³/mol. The number of phenols is 1. The number of aromatic hydroxyl groups is 1. The summed E-state index contributed by atoms with van der Waals surface area (Å²) in [5.74, 6) is -0.139. The number of ether oxygens (including phenoxy) is 1. The van der Waals surface area contributed by atoms with E-state index in [9.17, 15) is 9.90 Å². The maximum absolute atomic E-state index is 13.5. The molecule has 0 unspecified atom stereocenters. The second-order valence-electron chi connectivity index (χ2n) is 10.1. The molecule has 6 rings (SSSR count). The van der Waals surface area contributed by atoms with Crippen LogP contribution in [0.5, 0.6) is 5.75 Å². The zero-order chi connectivity index (χ0) is 23.8. The molecular formula is C27H33N5O3. The first-order chi connectivity index (χ1) is 17.1. The van der Waals surface area contributed by atoms with Crippen molar-refractivity contribution in [3.63, 3.8) is 0 Å². The molecule has 35 heavy (non-hydrogen) atoms. The summed E-state index contributed by atoms with van der Waals surface area (Å²) < 4.78 is 5.46. The number of rotatable bonds is 5. The molecule has 4 heterocycles. The summed E-state index contributed by atoms with van der Waals surface area (Å²) in [4.78, 5) is 20.2. The lowest BCUT2D eigenvalue weighted by atomic mass is 10.1. The topological polar surface area (TPSA) is 84.9 Å². The number of amides is 1. The molecule has 8 nitrogen and oxygen atoms in total. The van der Waals surface area contributed by atoms with Gasteiger partial charge in [0.25, 0.3) is 5.91 Å². The molecule has 2 fully saturated rings. The van der Waals surface area contributed by atoms with Gasteiger partial charge in [0, 0.05) is 50.7 Å². The molecule has 3 aliphatic rings. The Morgan fingerprint density at radius 3 is 2.54 bits per heavy atom. The number of fused-ring (bicyclic) bond motifs is 2. The maximum Gasteiger partial charge on any atom is 0.258 e. The van der Waals surface area contributed by atoms with Gasteiger partial charge < -0.3 is 14.7 Å². The summed E-state index contributed by atoms with van der Waals surface area (Å²) in [5.41, 5.74) is 5.69. The van der Waals surface area contributed by atoms with E-state index >= 15 is 0 Å². The van der Waals surface area contributed by atoms with E-state index in [2.05, 4.69) is 38.2 Å². The molecule has 0 aliphatic carbocycles. The molecule has 0 bridgehead atoms. The molecule has 0 radical (unpaired) electrons. The molecule has 0 atom stereocenters. The Kier molecular flexibility index (Phi) is 6.18. The Morgan fingerprint density at radius 1 is 0.943 bits per heavy atom. The standard InChI is InChI=1S/C27H33N5O3/c33-26-14-24-22(25(29-28-24)18-30-6-2-1-3-7-30)13-23(26)27(34)32-16-20-5-4-19(12-21(20)17-32)15-31-8-10-35-11-9-31/h4-5,12-14,33H,1-3,6-11,15-18H2,(H,28,29). The van der Waals surface area contributed by atoms with Gasteiger partial charge in [-0.2, -0.15) is 5.10 Å². The number of benzene rings is 2. The lowest BCUT2D eigenvalue weighted by molar-refractivity contribution is 0.0342. The number of piperidine rings is 1. The molecule has 1 aromatic heterocycles. The average molecular weight is 476 g/mol. The molecule has 3 aliphatic heterocycles. The van der Waals surface area contributed by atoms with E-state index < -0.39 is 0 Å². The van der Waals surface area contributed by atoms with Gasteiger partial charge in [0.15, 0.2) is 0 Å². The van der Waals surface area contributed by atoms with Crippen molar-refractivity contribution in [2.45, 2.75) is 45.4 Å². The van der Waals surface area contributed by atoms with Crippen molar-refractivity contribution in [2.75, 3.05) is 39.4 Å². The van der Waals surface area contributed by atoms with Crippen LogP contribution < -0.4 is 0 Å². The number of phenolic OH excluding ortho intramolecular Hbond substituents is 1. The van der Waals surface area contributed by atoms with Crippen LogP contribution in [-0.2, 0) is 30.9 Å². The quantitative estimate of drug-likeness (QED) is 0.589. The summed E-state index contributed by atoms with van der Waals surface area (Å²) in [6.07, 6.45) is 3.73. The number of nitrogens with zero attached hydrogens (tertiary/aromatic N) is 4. The number of likely N-dealkylation sites (tertiary alicyclic amines) is 1. The highest BCUT2D eigenvalue weighted by atomic mass is 16.5. The van der Waals surface area contributed by atoms with Crippen LogP contribution >= 0.6 is 0 Å². The van der Waals surface area contributed by atoms with Gasteiger partial charge in [-0.15, -0.1) is 0 Å². The van der Waals surface area contributed by atoms with Crippen LogP contribution in [-0.4, -0.2) is 75.3 Å². The Morgan fingerprint density at radius 2 is 1.71 bits per heavy atom. The zero-order valence-corrected chi connectivity index (χ0v) is 20.1. The number of hydrogen-bond donors (Lipinski definition) is 2. The van der Waals surface area contributed by atoms with E-state index in [0.717, 1.165) is 69.1 Å². The fraction of sp³-hybridized carbons (Fsp3) is 0.481. The zero-order valence-electron chi connectivity index (χ0n) is 20.1. The lowest BCUT2D eigenvalue weighted by Gasteiger charge is -2.26. The molecular weight excluding hydrogens is 442 g/mol. The summed E-state index contributed by atoms with van der Waals surface area (Å²) in [6.45, 7) is 8.45. The van der Waals surface area contributed by atoms with Gasteiger partial charge in [-0.05, 0) is 48.7 Å². The molecule has 184 valence electrons. The number of H-pyrrole nitrogens is 1. The summed E-state index contributed by atoms with van der Waals surface area (Å²) in [7, 11) is 0. The Hall–Kier alpha value is -2.94. The van der Waals surface area contributed by atoms with Crippen LogP contribution in [0, 0.1) is 0 Å². The molecule has 1 amide bonds. The molecule has 3 aromatic rings. The number of aromatic nitrogens is 2. The van der Waals surface area contributed by atoms with E-state index in [1.807, 2.05) is 11.0 Å². The monoisotopic (exact) mass is 475 g/mol.